The molecule has 0 saturated carbocycles. The Morgan fingerprint density at radius 1 is 1.86 bits per heavy atom. The maximum absolute atomic E-state index is 10.2. The maximum Gasteiger partial charge on any atom is 0.234 e. The van der Waals surface area contributed by atoms with Crippen molar-refractivity contribution in [1.29, 1.82) is 0 Å². The number of rotatable bonds is 2. The predicted molar refractivity (Wildman–Crippen MR) is 27.4 cm³/mol. The summed E-state index contributed by atoms with van der Waals surface area (Å²) in [6.07, 6.45) is 0. The van der Waals surface area contributed by atoms with Crippen LogP contribution in [0.25, 0.3) is 0 Å². The van der Waals surface area contributed by atoms with Crippen molar-refractivity contribution in [3.63, 3.8) is 0 Å². The van der Waals surface area contributed by atoms with Crippen molar-refractivity contribution in [3.05, 3.63) is 7.05 Å². The molecule has 0 bridgehead atoms. The van der Waals surface area contributed by atoms with Crippen molar-refractivity contribution >= 4 is 5.91 Å². The number of hydrogen-bond donors (Lipinski definition) is 2. The molecule has 1 amide bonds. The fourth-order valence-electron chi connectivity index (χ4n) is 0.223. The van der Waals surface area contributed by atoms with Crippen LogP contribution in [0.4, 0.5) is 0 Å². The summed E-state index contributed by atoms with van der Waals surface area (Å²) >= 11 is 0. The Labute approximate surface area is 43.1 Å². The highest BCUT2D eigenvalue weighted by molar-refractivity contribution is 5.77. The van der Waals surface area contributed by atoms with Crippen molar-refractivity contribution in [2.75, 3.05) is 13.6 Å². The summed E-state index contributed by atoms with van der Waals surface area (Å²) in [5.41, 5.74) is 0. The van der Waals surface area contributed by atoms with E-state index in [2.05, 4.69) is 17.7 Å². The van der Waals surface area contributed by atoms with E-state index < -0.39 is 0 Å². The SMILES string of the molecule is [CH2]NC(=O)CNC. The molecule has 0 spiro atoms. The second-order valence-corrected chi connectivity index (χ2v) is 1.13. The molecule has 3 nitrogen and oxygen atoms in total. The van der Waals surface area contributed by atoms with E-state index in [-0.39, 0.29) is 5.91 Å². The average molecular weight is 101 g/mol. The lowest BCUT2D eigenvalue weighted by molar-refractivity contribution is -0.119. The molecule has 2 N–H and O–H groups in total. The molecule has 0 aromatic rings. The second-order valence-electron chi connectivity index (χ2n) is 1.13. The second kappa shape index (κ2) is 3.61. The molecule has 0 saturated heterocycles. The number of likely N-dealkylation sites (N-methyl/N-ethyl adjacent to an activating group) is 1. The highest BCUT2D eigenvalue weighted by atomic mass is 16.1. The largest absolute Gasteiger partial charge is 0.353 e. The number of nitrogens with one attached hydrogen (secondary N) is 2. The van der Waals surface area contributed by atoms with Crippen molar-refractivity contribution in [1.82, 2.24) is 10.6 Å². The van der Waals surface area contributed by atoms with E-state index >= 15 is 0 Å². The van der Waals surface area contributed by atoms with Gasteiger partial charge in [0.2, 0.25) is 5.91 Å². The summed E-state index contributed by atoms with van der Waals surface area (Å²) in [5, 5.41) is 4.88. The molecular weight excluding hydrogens is 92.1 g/mol. The van der Waals surface area contributed by atoms with Gasteiger partial charge in [0.1, 0.15) is 0 Å². The summed E-state index contributed by atoms with van der Waals surface area (Å²) in [7, 11) is 4.87. The van der Waals surface area contributed by atoms with Crippen molar-refractivity contribution in [3.8, 4) is 0 Å². The van der Waals surface area contributed by atoms with Crippen molar-refractivity contribution in [2.45, 2.75) is 0 Å². The van der Waals surface area contributed by atoms with Gasteiger partial charge in [0.15, 0.2) is 0 Å². The van der Waals surface area contributed by atoms with E-state index in [0.29, 0.717) is 6.54 Å². The van der Waals surface area contributed by atoms with Crippen LogP contribution in [0.1, 0.15) is 0 Å². The van der Waals surface area contributed by atoms with Crippen LogP contribution in [0.2, 0.25) is 0 Å². The molecule has 0 aromatic heterocycles. The highest BCUT2D eigenvalue weighted by Crippen LogP contribution is 1.54. The zero-order valence-corrected chi connectivity index (χ0v) is 4.32. The third-order valence-corrected chi connectivity index (χ3v) is 0.535. The quantitative estimate of drug-likeness (QED) is 0.474. The van der Waals surface area contributed by atoms with Crippen LogP contribution in [0.3, 0.4) is 0 Å². The molecule has 7 heavy (non-hydrogen) atoms. The molecule has 0 aliphatic rings. The molecule has 0 heterocycles. The van der Waals surface area contributed by atoms with E-state index in [9.17, 15) is 4.79 Å². The summed E-state index contributed by atoms with van der Waals surface area (Å²) in [5.74, 6) is -0.0949. The van der Waals surface area contributed by atoms with Crippen LogP contribution in [0.5, 0.6) is 0 Å². The fraction of sp³-hybridized carbons (Fsp3) is 0.500. The van der Waals surface area contributed by atoms with Gasteiger partial charge in [-0.3, -0.25) is 4.79 Å². The van der Waals surface area contributed by atoms with E-state index in [1.807, 2.05) is 0 Å². The number of carbonyl (C=O) groups is 1. The normalized spacial score (nSPS) is 8.29. The Bertz CT molecular complexity index is 62.7. The van der Waals surface area contributed by atoms with E-state index in [4.69, 9.17) is 0 Å². The van der Waals surface area contributed by atoms with Gasteiger partial charge in [0, 0.05) is 7.05 Å². The molecule has 0 unspecified atom stereocenters. The minimum absolute atomic E-state index is 0.0949. The smallest absolute Gasteiger partial charge is 0.234 e. The summed E-state index contributed by atoms with van der Waals surface area (Å²) in [6.45, 7) is 0.337. The third-order valence-electron chi connectivity index (χ3n) is 0.535. The fourth-order valence-corrected chi connectivity index (χ4v) is 0.223. The van der Waals surface area contributed by atoms with Crippen LogP contribution < -0.4 is 10.6 Å². The van der Waals surface area contributed by atoms with Crippen LogP contribution in [-0.2, 0) is 4.79 Å². The minimum atomic E-state index is -0.0949. The van der Waals surface area contributed by atoms with Crippen LogP contribution in [-0.4, -0.2) is 19.5 Å². The minimum Gasteiger partial charge on any atom is -0.353 e. The van der Waals surface area contributed by atoms with E-state index in [1.54, 1.807) is 7.05 Å². The Morgan fingerprint density at radius 2 is 2.43 bits per heavy atom. The van der Waals surface area contributed by atoms with Gasteiger partial charge in [-0.05, 0) is 7.05 Å². The Kier molecular flexibility index (Phi) is 3.32. The van der Waals surface area contributed by atoms with Gasteiger partial charge in [-0.1, -0.05) is 0 Å². The van der Waals surface area contributed by atoms with Gasteiger partial charge in [-0.2, -0.15) is 0 Å². The first-order valence-electron chi connectivity index (χ1n) is 2.01. The maximum atomic E-state index is 10.2. The van der Waals surface area contributed by atoms with Crippen molar-refractivity contribution < 1.29 is 4.79 Å². The van der Waals surface area contributed by atoms with Gasteiger partial charge in [0.25, 0.3) is 0 Å². The number of amides is 1. The molecule has 0 aromatic carbocycles. The third kappa shape index (κ3) is 3.26. The standard InChI is InChI=1S/C4H9N2O/c1-5-3-4(7)6-2/h5H,2-3H2,1H3,(H,6,7). The van der Waals surface area contributed by atoms with Crippen LogP contribution >= 0.6 is 0 Å². The van der Waals surface area contributed by atoms with Gasteiger partial charge in [0.05, 0.1) is 6.54 Å². The summed E-state index contributed by atoms with van der Waals surface area (Å²) in [6, 6.07) is 0. The molecule has 1 radical (unpaired) electrons. The lowest BCUT2D eigenvalue weighted by atomic mass is 10.6. The molecule has 41 valence electrons. The Hall–Kier alpha value is -0.570. The lowest BCUT2D eigenvalue weighted by Crippen LogP contribution is -2.27. The topological polar surface area (TPSA) is 41.1 Å². The van der Waals surface area contributed by atoms with E-state index in [1.165, 1.54) is 0 Å². The first kappa shape index (κ1) is 6.43. The van der Waals surface area contributed by atoms with Gasteiger partial charge in [-0.25, -0.2) is 0 Å². The lowest BCUT2D eigenvalue weighted by Gasteiger charge is -1.93. The zero-order chi connectivity index (χ0) is 5.70. The average Bonchev–Trinajstić information content (AvgIpc) is 1.68. The molecule has 0 aliphatic carbocycles. The molecular formula is C4H9N2O. The molecule has 0 atom stereocenters. The molecule has 3 heteroatoms. The zero-order valence-electron chi connectivity index (χ0n) is 4.32. The van der Waals surface area contributed by atoms with Crippen LogP contribution in [0, 0.1) is 7.05 Å². The number of hydrogen-bond acceptors (Lipinski definition) is 2. The number of carbonyl (C=O) groups excluding carboxylic acids is 1. The molecule has 0 aliphatic heterocycles. The summed E-state index contributed by atoms with van der Waals surface area (Å²) < 4.78 is 0. The van der Waals surface area contributed by atoms with E-state index in [0.717, 1.165) is 0 Å². The van der Waals surface area contributed by atoms with Gasteiger partial charge >= 0.3 is 0 Å². The first-order valence-corrected chi connectivity index (χ1v) is 2.01. The summed E-state index contributed by atoms with van der Waals surface area (Å²) in [4.78, 5) is 10.2. The first-order chi connectivity index (χ1) is 3.31. The Balaban J connectivity index is 3.00. The molecule has 0 fully saturated rings. The van der Waals surface area contributed by atoms with Crippen molar-refractivity contribution in [2.24, 2.45) is 0 Å². The van der Waals surface area contributed by atoms with Gasteiger partial charge in [-0.15, -0.1) is 0 Å². The predicted octanol–water partition coefficient (Wildman–Crippen LogP) is -0.886. The monoisotopic (exact) mass is 101 g/mol. The highest BCUT2D eigenvalue weighted by Gasteiger charge is 1.89. The van der Waals surface area contributed by atoms with Crippen LogP contribution in [0.15, 0.2) is 0 Å². The molecule has 0 rings (SSSR count). The van der Waals surface area contributed by atoms with Gasteiger partial charge < -0.3 is 10.6 Å². The Morgan fingerprint density at radius 3 is 2.57 bits per heavy atom.